The second-order valence-electron chi connectivity index (χ2n) is 10.2. The van der Waals surface area contributed by atoms with Crippen LogP contribution < -0.4 is 14.5 Å². The molecule has 0 radical (unpaired) electrons. The van der Waals surface area contributed by atoms with E-state index in [1.54, 1.807) is 6.92 Å². The average molecular weight is 526 g/mol. The molecule has 2 heterocycles. The van der Waals surface area contributed by atoms with Gasteiger partial charge in [0.05, 0.1) is 18.2 Å². The molecule has 3 aromatic carbocycles. The maximum atomic E-state index is 11.9. The highest BCUT2D eigenvalue weighted by Gasteiger charge is 2.27. The number of ether oxygens (including phenoxy) is 1. The van der Waals surface area contributed by atoms with Crippen molar-refractivity contribution in [2.75, 3.05) is 37.0 Å². The second-order valence-corrected chi connectivity index (χ2v) is 10.2. The lowest BCUT2D eigenvalue weighted by molar-refractivity contribution is -0.138. The largest absolute Gasteiger partial charge is 0.493 e. The van der Waals surface area contributed by atoms with Gasteiger partial charge in [-0.3, -0.25) is 4.79 Å². The summed E-state index contributed by atoms with van der Waals surface area (Å²) >= 11 is 0. The molecule has 4 aromatic rings. The van der Waals surface area contributed by atoms with E-state index in [0.717, 1.165) is 63.8 Å². The number of rotatable bonds is 9. The van der Waals surface area contributed by atoms with E-state index >= 15 is 0 Å². The maximum Gasteiger partial charge on any atom is 0.310 e. The molecule has 0 spiro atoms. The highest BCUT2D eigenvalue weighted by atomic mass is 16.5. The average Bonchev–Trinajstić information content (AvgIpc) is 3.33. The van der Waals surface area contributed by atoms with Crippen molar-refractivity contribution in [3.05, 3.63) is 94.9 Å². The van der Waals surface area contributed by atoms with E-state index < -0.39 is 11.9 Å². The molecule has 1 aliphatic rings. The molecule has 0 amide bonds. The molecule has 1 atom stereocenters. The summed E-state index contributed by atoms with van der Waals surface area (Å²) in [6, 6.07) is 22.2. The zero-order valence-electron chi connectivity index (χ0n) is 23.0. The number of aromatic nitrogens is 1. The molecular formula is C32H35N3O4. The molecule has 202 valence electrons. The van der Waals surface area contributed by atoms with Crippen LogP contribution in [0, 0.1) is 6.92 Å². The molecule has 5 rings (SSSR count). The summed E-state index contributed by atoms with van der Waals surface area (Å²) in [6.07, 6.45) is 1.40. The van der Waals surface area contributed by atoms with Crippen LogP contribution in [0.25, 0.3) is 11.5 Å². The van der Waals surface area contributed by atoms with Gasteiger partial charge in [-0.15, -0.1) is 0 Å². The first-order valence-corrected chi connectivity index (χ1v) is 13.4. The van der Waals surface area contributed by atoms with Crippen LogP contribution in [0.3, 0.4) is 0 Å². The molecule has 0 fully saturated rings. The Balaban J connectivity index is 1.35. The molecule has 1 aromatic heterocycles. The summed E-state index contributed by atoms with van der Waals surface area (Å²) in [5.74, 6) is 0.803. The number of oxazole rings is 1. The number of aryl methyl sites for hydroxylation is 1. The van der Waals surface area contributed by atoms with Crippen LogP contribution in [-0.2, 0) is 24.2 Å². The number of anilines is 2. The zero-order valence-corrected chi connectivity index (χ0v) is 23.0. The number of hydrogen-bond donors (Lipinski definition) is 1. The van der Waals surface area contributed by atoms with E-state index in [1.165, 1.54) is 0 Å². The van der Waals surface area contributed by atoms with E-state index in [0.29, 0.717) is 25.5 Å². The van der Waals surface area contributed by atoms with E-state index in [2.05, 4.69) is 34.1 Å². The van der Waals surface area contributed by atoms with E-state index in [1.807, 2.05) is 63.5 Å². The number of carboxylic acids is 1. The van der Waals surface area contributed by atoms with Crippen LogP contribution in [0.1, 0.15) is 41.0 Å². The first kappa shape index (κ1) is 26.4. The van der Waals surface area contributed by atoms with Crippen molar-refractivity contribution in [2.24, 2.45) is 0 Å². The van der Waals surface area contributed by atoms with Crippen molar-refractivity contribution in [3.63, 3.8) is 0 Å². The molecule has 0 aliphatic carbocycles. The predicted octanol–water partition coefficient (Wildman–Crippen LogP) is 6.09. The van der Waals surface area contributed by atoms with E-state index in [9.17, 15) is 9.90 Å². The normalized spacial score (nSPS) is 13.6. The molecule has 1 unspecified atom stereocenters. The van der Waals surface area contributed by atoms with Gasteiger partial charge in [-0.25, -0.2) is 4.98 Å². The fraction of sp³-hybridized carbons (Fsp3) is 0.312. The summed E-state index contributed by atoms with van der Waals surface area (Å²) in [7, 11) is 4.05. The van der Waals surface area contributed by atoms with Crippen molar-refractivity contribution in [3.8, 4) is 17.2 Å². The predicted molar refractivity (Wildman–Crippen MR) is 154 cm³/mol. The highest BCUT2D eigenvalue weighted by molar-refractivity contribution is 5.77. The van der Waals surface area contributed by atoms with Gasteiger partial charge in [0.25, 0.3) is 0 Å². The standard InChI is InChI=1S/C32H35N3O4/c1-21(32(36)37)26-14-15-30(38-19-17-29-22(2)39-31(33-29)23-8-6-5-7-9-23)27-16-18-35(20-28(26)27)25-12-10-24(11-13-25)34(3)4/h5-15,21H,16-20H2,1-4H3,(H,36,37). The van der Waals surface area contributed by atoms with Crippen molar-refractivity contribution < 1.29 is 19.1 Å². The van der Waals surface area contributed by atoms with Gasteiger partial charge in [0.2, 0.25) is 5.89 Å². The first-order valence-electron chi connectivity index (χ1n) is 13.4. The number of fused-ring (bicyclic) bond motifs is 1. The Morgan fingerprint density at radius 1 is 1.08 bits per heavy atom. The number of benzene rings is 3. The van der Waals surface area contributed by atoms with Crippen LogP contribution in [0.2, 0.25) is 0 Å². The van der Waals surface area contributed by atoms with Gasteiger partial charge in [-0.05, 0) is 73.9 Å². The number of nitrogens with zero attached hydrogens (tertiary/aromatic N) is 3. The number of carboxylic acid groups (broad SMARTS) is 1. The fourth-order valence-corrected chi connectivity index (χ4v) is 5.14. The third-order valence-corrected chi connectivity index (χ3v) is 7.48. The minimum Gasteiger partial charge on any atom is -0.493 e. The minimum atomic E-state index is -0.825. The summed E-state index contributed by atoms with van der Waals surface area (Å²) in [6.45, 7) is 5.61. The Bertz CT molecular complexity index is 1440. The molecule has 7 nitrogen and oxygen atoms in total. The maximum absolute atomic E-state index is 11.9. The SMILES string of the molecule is Cc1oc(-c2ccccc2)nc1CCOc1ccc(C(C)C(=O)O)c2c1CCN(c1ccc(N(C)C)cc1)C2. The minimum absolute atomic E-state index is 0.456. The molecule has 0 saturated carbocycles. The fourth-order valence-electron chi connectivity index (χ4n) is 5.14. The van der Waals surface area contributed by atoms with Crippen molar-refractivity contribution >= 4 is 17.3 Å². The van der Waals surface area contributed by atoms with E-state index in [4.69, 9.17) is 14.1 Å². The van der Waals surface area contributed by atoms with Crippen LogP contribution in [-0.4, -0.2) is 43.3 Å². The lowest BCUT2D eigenvalue weighted by Crippen LogP contribution is -2.32. The van der Waals surface area contributed by atoms with Gasteiger partial charge in [0.1, 0.15) is 11.5 Å². The topological polar surface area (TPSA) is 79.0 Å². The molecule has 39 heavy (non-hydrogen) atoms. The molecule has 0 bridgehead atoms. The van der Waals surface area contributed by atoms with Crippen molar-refractivity contribution in [2.45, 2.75) is 39.2 Å². The van der Waals surface area contributed by atoms with Gasteiger partial charge < -0.3 is 24.1 Å². The van der Waals surface area contributed by atoms with Crippen molar-refractivity contribution in [1.82, 2.24) is 4.98 Å². The van der Waals surface area contributed by atoms with E-state index in [-0.39, 0.29) is 0 Å². The molecule has 1 aliphatic heterocycles. The Kier molecular flexibility index (Phi) is 7.59. The third-order valence-electron chi connectivity index (χ3n) is 7.48. The lowest BCUT2D eigenvalue weighted by Gasteiger charge is -2.34. The smallest absolute Gasteiger partial charge is 0.310 e. The number of carbonyl (C=O) groups is 1. The zero-order chi connectivity index (χ0) is 27.5. The molecule has 1 N–H and O–H groups in total. The second kappa shape index (κ2) is 11.2. The van der Waals surface area contributed by atoms with Crippen LogP contribution in [0.5, 0.6) is 5.75 Å². The summed E-state index contributed by atoms with van der Waals surface area (Å²) < 4.78 is 12.2. The Labute approximate surface area is 229 Å². The first-order chi connectivity index (χ1) is 18.8. The van der Waals surface area contributed by atoms with Gasteiger partial charge in [0.15, 0.2) is 0 Å². The molecule has 7 heteroatoms. The quantitative estimate of drug-likeness (QED) is 0.283. The summed E-state index contributed by atoms with van der Waals surface area (Å²) in [5.41, 5.74) is 7.10. The molecular weight excluding hydrogens is 490 g/mol. The number of aliphatic carboxylic acids is 1. The van der Waals surface area contributed by atoms with Crippen molar-refractivity contribution in [1.29, 1.82) is 0 Å². The van der Waals surface area contributed by atoms with Crippen LogP contribution in [0.15, 0.2) is 71.1 Å². The molecule has 0 saturated heterocycles. The van der Waals surface area contributed by atoms with Gasteiger partial charge in [-0.1, -0.05) is 24.3 Å². The lowest BCUT2D eigenvalue weighted by atomic mass is 9.88. The van der Waals surface area contributed by atoms with Gasteiger partial charge in [0, 0.05) is 56.1 Å². The van der Waals surface area contributed by atoms with Gasteiger partial charge >= 0.3 is 5.97 Å². The Morgan fingerprint density at radius 3 is 2.51 bits per heavy atom. The summed E-state index contributed by atoms with van der Waals surface area (Å²) in [5, 5.41) is 9.78. The highest BCUT2D eigenvalue weighted by Crippen LogP contribution is 2.36. The summed E-state index contributed by atoms with van der Waals surface area (Å²) in [4.78, 5) is 21.0. The Hall–Kier alpha value is -4.26. The van der Waals surface area contributed by atoms with Crippen LogP contribution in [0.4, 0.5) is 11.4 Å². The van der Waals surface area contributed by atoms with Gasteiger partial charge in [-0.2, -0.15) is 0 Å². The van der Waals surface area contributed by atoms with Crippen LogP contribution >= 0.6 is 0 Å². The monoisotopic (exact) mass is 525 g/mol. The Morgan fingerprint density at radius 2 is 1.82 bits per heavy atom. The number of hydrogen-bond acceptors (Lipinski definition) is 6. The third kappa shape index (κ3) is 5.62.